The van der Waals surface area contributed by atoms with E-state index in [9.17, 15) is 14.4 Å². The Morgan fingerprint density at radius 1 is 1.05 bits per heavy atom. The third-order valence-corrected chi connectivity index (χ3v) is 3.09. The van der Waals surface area contributed by atoms with E-state index in [1.807, 2.05) is 6.92 Å². The van der Waals surface area contributed by atoms with Crippen molar-refractivity contribution in [2.24, 2.45) is 0 Å². The summed E-state index contributed by atoms with van der Waals surface area (Å²) in [5.74, 6) is -1.23. The fourth-order valence-corrected chi connectivity index (χ4v) is 1.79. The molecule has 0 unspecified atom stereocenters. The summed E-state index contributed by atoms with van der Waals surface area (Å²) in [6, 6.07) is 6.85. The van der Waals surface area contributed by atoms with E-state index in [0.717, 1.165) is 18.4 Å². The molecule has 22 heavy (non-hydrogen) atoms. The number of carbonyl (C=O) groups is 3. The molecule has 6 heteroatoms. The molecule has 0 heterocycles. The molecule has 6 nitrogen and oxygen atoms in total. The van der Waals surface area contributed by atoms with Gasteiger partial charge in [0.15, 0.2) is 0 Å². The molecule has 1 aromatic carbocycles. The standard InChI is InChI=1S/C16H22N2O4/c1-2-3-4-14(19)18-11-12-5-7-13(8-6-12)16(22)17-10-9-15(20)21/h5-8H,2-4,9-11H2,1H3,(H,17,22)(H,18,19)(H,20,21). The van der Waals surface area contributed by atoms with Crippen molar-refractivity contribution in [1.29, 1.82) is 0 Å². The molecule has 0 bridgehead atoms. The third-order valence-electron chi connectivity index (χ3n) is 3.09. The number of nitrogens with one attached hydrogen (secondary N) is 2. The Hall–Kier alpha value is -2.37. The zero-order chi connectivity index (χ0) is 16.4. The van der Waals surface area contributed by atoms with Crippen LogP contribution in [0.3, 0.4) is 0 Å². The molecule has 1 aromatic rings. The molecule has 1 rings (SSSR count). The quantitative estimate of drug-likeness (QED) is 0.647. The lowest BCUT2D eigenvalue weighted by atomic mass is 10.1. The van der Waals surface area contributed by atoms with Crippen molar-refractivity contribution in [2.75, 3.05) is 6.54 Å². The van der Waals surface area contributed by atoms with Crippen molar-refractivity contribution in [3.63, 3.8) is 0 Å². The topological polar surface area (TPSA) is 95.5 Å². The van der Waals surface area contributed by atoms with Gasteiger partial charge in [0.05, 0.1) is 6.42 Å². The average molecular weight is 306 g/mol. The first kappa shape index (κ1) is 17.7. The first-order valence-corrected chi connectivity index (χ1v) is 7.38. The predicted molar refractivity (Wildman–Crippen MR) is 82.4 cm³/mol. The molecule has 0 spiro atoms. The van der Waals surface area contributed by atoms with Crippen LogP contribution >= 0.6 is 0 Å². The Morgan fingerprint density at radius 2 is 1.73 bits per heavy atom. The maximum absolute atomic E-state index is 11.7. The maximum atomic E-state index is 11.7. The minimum atomic E-state index is -0.950. The molecule has 0 aliphatic carbocycles. The zero-order valence-corrected chi connectivity index (χ0v) is 12.7. The van der Waals surface area contributed by atoms with Crippen LogP contribution in [0.5, 0.6) is 0 Å². The van der Waals surface area contributed by atoms with Crippen LogP contribution in [0.15, 0.2) is 24.3 Å². The van der Waals surface area contributed by atoms with Crippen LogP contribution in [-0.2, 0) is 16.1 Å². The molecule has 120 valence electrons. The van der Waals surface area contributed by atoms with E-state index >= 15 is 0 Å². The Morgan fingerprint density at radius 3 is 2.32 bits per heavy atom. The second-order valence-corrected chi connectivity index (χ2v) is 4.98. The van der Waals surface area contributed by atoms with Gasteiger partial charge in [0.2, 0.25) is 5.91 Å². The summed E-state index contributed by atoms with van der Waals surface area (Å²) in [6.45, 7) is 2.57. The second kappa shape index (κ2) is 9.55. The van der Waals surface area contributed by atoms with Crippen LogP contribution in [0.4, 0.5) is 0 Å². The molecule has 0 atom stereocenters. The van der Waals surface area contributed by atoms with Gasteiger partial charge < -0.3 is 15.7 Å². The lowest BCUT2D eigenvalue weighted by molar-refractivity contribution is -0.136. The monoisotopic (exact) mass is 306 g/mol. The molecule has 0 saturated heterocycles. The van der Waals surface area contributed by atoms with Crippen LogP contribution in [0.25, 0.3) is 0 Å². The van der Waals surface area contributed by atoms with Crippen LogP contribution in [0.1, 0.15) is 48.5 Å². The Balaban J connectivity index is 2.40. The number of hydrogen-bond acceptors (Lipinski definition) is 3. The maximum Gasteiger partial charge on any atom is 0.305 e. The highest BCUT2D eigenvalue weighted by molar-refractivity contribution is 5.94. The SMILES string of the molecule is CCCCC(=O)NCc1ccc(C(=O)NCCC(=O)O)cc1. The molecular formula is C16H22N2O4. The number of unbranched alkanes of at least 4 members (excludes halogenated alkanes) is 1. The van der Waals surface area contributed by atoms with Crippen LogP contribution in [0.2, 0.25) is 0 Å². The smallest absolute Gasteiger partial charge is 0.305 e. The van der Waals surface area contributed by atoms with Gasteiger partial charge in [-0.15, -0.1) is 0 Å². The van der Waals surface area contributed by atoms with Crippen molar-refractivity contribution in [3.05, 3.63) is 35.4 Å². The summed E-state index contributed by atoms with van der Waals surface area (Å²) < 4.78 is 0. The van der Waals surface area contributed by atoms with Gasteiger partial charge in [0.25, 0.3) is 5.91 Å². The second-order valence-electron chi connectivity index (χ2n) is 4.98. The molecule has 0 aromatic heterocycles. The zero-order valence-electron chi connectivity index (χ0n) is 12.7. The molecule has 3 N–H and O–H groups in total. The predicted octanol–water partition coefficient (Wildman–Crippen LogP) is 1.70. The van der Waals surface area contributed by atoms with E-state index < -0.39 is 5.97 Å². The summed E-state index contributed by atoms with van der Waals surface area (Å²) in [7, 11) is 0. The highest BCUT2D eigenvalue weighted by Crippen LogP contribution is 2.05. The fraction of sp³-hybridized carbons (Fsp3) is 0.438. The largest absolute Gasteiger partial charge is 0.481 e. The Bertz CT molecular complexity index is 511. The normalized spacial score (nSPS) is 10.0. The van der Waals surface area contributed by atoms with Gasteiger partial charge in [-0.05, 0) is 24.1 Å². The molecule has 0 radical (unpaired) electrons. The van der Waals surface area contributed by atoms with Gasteiger partial charge in [-0.1, -0.05) is 25.5 Å². The minimum absolute atomic E-state index is 0.0253. The summed E-state index contributed by atoms with van der Waals surface area (Å²) in [5, 5.41) is 13.9. The van der Waals surface area contributed by atoms with Crippen molar-refractivity contribution in [3.8, 4) is 0 Å². The molecular weight excluding hydrogens is 284 g/mol. The molecule has 2 amide bonds. The van der Waals surface area contributed by atoms with Crippen molar-refractivity contribution < 1.29 is 19.5 Å². The fourth-order valence-electron chi connectivity index (χ4n) is 1.79. The highest BCUT2D eigenvalue weighted by Gasteiger charge is 2.06. The third kappa shape index (κ3) is 6.88. The summed E-state index contributed by atoms with van der Waals surface area (Å²) in [5.41, 5.74) is 1.37. The Kier molecular flexibility index (Phi) is 7.67. The number of hydrogen-bond donors (Lipinski definition) is 3. The van der Waals surface area contributed by atoms with Crippen LogP contribution < -0.4 is 10.6 Å². The summed E-state index contributed by atoms with van der Waals surface area (Å²) in [4.78, 5) is 33.6. The van der Waals surface area contributed by atoms with Gasteiger partial charge in [0, 0.05) is 25.1 Å². The first-order chi connectivity index (χ1) is 10.5. The van der Waals surface area contributed by atoms with E-state index in [0.29, 0.717) is 18.5 Å². The van der Waals surface area contributed by atoms with E-state index in [1.54, 1.807) is 24.3 Å². The van der Waals surface area contributed by atoms with Gasteiger partial charge in [-0.2, -0.15) is 0 Å². The van der Waals surface area contributed by atoms with E-state index in [-0.39, 0.29) is 24.8 Å². The van der Waals surface area contributed by atoms with Crippen LogP contribution in [0, 0.1) is 0 Å². The van der Waals surface area contributed by atoms with Crippen LogP contribution in [-0.4, -0.2) is 29.4 Å². The minimum Gasteiger partial charge on any atom is -0.481 e. The Labute approximate surface area is 129 Å². The number of benzene rings is 1. The van der Waals surface area contributed by atoms with Gasteiger partial charge in [-0.3, -0.25) is 14.4 Å². The summed E-state index contributed by atoms with van der Waals surface area (Å²) in [6.07, 6.45) is 2.29. The van der Waals surface area contributed by atoms with Gasteiger partial charge >= 0.3 is 5.97 Å². The number of aliphatic carboxylic acids is 1. The lowest BCUT2D eigenvalue weighted by Gasteiger charge is -2.07. The highest BCUT2D eigenvalue weighted by atomic mass is 16.4. The van der Waals surface area contributed by atoms with Gasteiger partial charge in [-0.25, -0.2) is 0 Å². The first-order valence-electron chi connectivity index (χ1n) is 7.38. The van der Waals surface area contributed by atoms with E-state index in [1.165, 1.54) is 0 Å². The number of carboxylic acids is 1. The lowest BCUT2D eigenvalue weighted by Crippen LogP contribution is -2.26. The van der Waals surface area contributed by atoms with Crippen molar-refractivity contribution >= 4 is 17.8 Å². The molecule has 0 aliphatic rings. The van der Waals surface area contributed by atoms with Crippen molar-refractivity contribution in [1.82, 2.24) is 10.6 Å². The average Bonchev–Trinajstić information content (AvgIpc) is 2.51. The number of amides is 2. The number of carbonyl (C=O) groups excluding carboxylic acids is 2. The number of carboxylic acid groups (broad SMARTS) is 1. The molecule has 0 fully saturated rings. The molecule has 0 saturated carbocycles. The molecule has 0 aliphatic heterocycles. The number of rotatable bonds is 9. The van der Waals surface area contributed by atoms with Crippen molar-refractivity contribution in [2.45, 2.75) is 39.2 Å². The van der Waals surface area contributed by atoms with E-state index in [2.05, 4.69) is 10.6 Å². The van der Waals surface area contributed by atoms with Gasteiger partial charge in [0.1, 0.15) is 0 Å². The summed E-state index contributed by atoms with van der Waals surface area (Å²) >= 11 is 0. The van der Waals surface area contributed by atoms with E-state index in [4.69, 9.17) is 5.11 Å².